The number of aliphatic hydroxyl groups is 8. The normalized spacial score (nSPS) is 24.5. The highest BCUT2D eigenvalue weighted by atomic mass is 16.7. The highest BCUT2D eigenvalue weighted by Crippen LogP contribution is 2.25. The van der Waals surface area contributed by atoms with Crippen molar-refractivity contribution in [1.29, 1.82) is 0 Å². The standard InChI is InChI=1S/C28H50N2O14/c1-4-5-6-7-8-9-16(2)27(41)42-13-12-30(17(3)33)11-10-29-26(40)23(38)22(37)25(18(34)14-31)44-28-24(39)21(36)20(35)19(15-32)43-28/h18-25,28,31-32,34-39H,2,4-15H2,1,3H3,(H,29,40)/t18?,19?,20-,21-,22?,23?,24?,25?,28-/m0/s1. The summed E-state index contributed by atoms with van der Waals surface area (Å²) >= 11 is 0. The van der Waals surface area contributed by atoms with Gasteiger partial charge in [-0.2, -0.15) is 0 Å². The Hall–Kier alpha value is -2.25. The maximum atomic E-state index is 12.5. The van der Waals surface area contributed by atoms with E-state index in [0.717, 1.165) is 32.1 Å². The van der Waals surface area contributed by atoms with E-state index in [9.17, 15) is 55.2 Å². The van der Waals surface area contributed by atoms with Crippen molar-refractivity contribution in [1.82, 2.24) is 10.2 Å². The molecule has 1 aliphatic rings. The van der Waals surface area contributed by atoms with Crippen molar-refractivity contribution in [2.45, 2.75) is 107 Å². The van der Waals surface area contributed by atoms with Crippen molar-refractivity contribution in [2.24, 2.45) is 0 Å². The van der Waals surface area contributed by atoms with Crippen molar-refractivity contribution in [3.05, 3.63) is 12.2 Å². The van der Waals surface area contributed by atoms with E-state index in [4.69, 9.17) is 14.2 Å². The molecule has 1 aliphatic heterocycles. The molecule has 16 nitrogen and oxygen atoms in total. The van der Waals surface area contributed by atoms with Crippen LogP contribution in [0.15, 0.2) is 12.2 Å². The molecule has 9 atom stereocenters. The largest absolute Gasteiger partial charge is 0.460 e. The van der Waals surface area contributed by atoms with E-state index < -0.39 is 80.2 Å². The van der Waals surface area contributed by atoms with Crippen LogP contribution in [0.3, 0.4) is 0 Å². The molecule has 0 radical (unpaired) electrons. The Balaban J connectivity index is 2.63. The number of nitrogens with zero attached hydrogens (tertiary/aromatic N) is 1. The molecule has 1 fully saturated rings. The molecule has 2 amide bonds. The Morgan fingerprint density at radius 1 is 0.977 bits per heavy atom. The van der Waals surface area contributed by atoms with E-state index in [-0.39, 0.29) is 32.1 Å². The minimum absolute atomic E-state index is 0.0175. The van der Waals surface area contributed by atoms with Crippen LogP contribution in [-0.4, -0.2) is 158 Å². The summed E-state index contributed by atoms with van der Waals surface area (Å²) in [7, 11) is 0. The summed E-state index contributed by atoms with van der Waals surface area (Å²) in [6, 6.07) is 0. The smallest absolute Gasteiger partial charge is 0.333 e. The highest BCUT2D eigenvalue weighted by Gasteiger charge is 2.47. The molecule has 0 aliphatic carbocycles. The van der Waals surface area contributed by atoms with Gasteiger partial charge in [-0.25, -0.2) is 4.79 Å². The number of ether oxygens (including phenoxy) is 3. The molecular weight excluding hydrogens is 588 g/mol. The molecule has 0 aromatic carbocycles. The Kier molecular flexibility index (Phi) is 18.7. The van der Waals surface area contributed by atoms with Gasteiger partial charge in [-0.05, 0) is 12.8 Å². The first-order valence-electron chi connectivity index (χ1n) is 14.8. The lowest BCUT2D eigenvalue weighted by Gasteiger charge is -2.42. The van der Waals surface area contributed by atoms with Crippen LogP contribution in [0, 0.1) is 0 Å². The molecule has 0 aromatic rings. The minimum atomic E-state index is -2.24. The van der Waals surface area contributed by atoms with Crippen LogP contribution in [0.4, 0.5) is 0 Å². The number of esters is 1. The topological polar surface area (TPSA) is 256 Å². The quantitative estimate of drug-likeness (QED) is 0.0339. The second-order valence-corrected chi connectivity index (χ2v) is 10.7. The summed E-state index contributed by atoms with van der Waals surface area (Å²) in [5.74, 6) is -2.08. The second-order valence-electron chi connectivity index (χ2n) is 10.7. The van der Waals surface area contributed by atoms with Crippen LogP contribution in [0.25, 0.3) is 0 Å². The Morgan fingerprint density at radius 3 is 2.23 bits per heavy atom. The van der Waals surface area contributed by atoms with Gasteiger partial charge in [0.1, 0.15) is 49.3 Å². The average Bonchev–Trinajstić information content (AvgIpc) is 3.00. The number of rotatable bonds is 21. The monoisotopic (exact) mass is 638 g/mol. The van der Waals surface area contributed by atoms with Crippen molar-refractivity contribution < 1.29 is 69.4 Å². The van der Waals surface area contributed by atoms with Crippen molar-refractivity contribution in [3.8, 4) is 0 Å². The van der Waals surface area contributed by atoms with E-state index >= 15 is 0 Å². The van der Waals surface area contributed by atoms with Gasteiger partial charge in [0.05, 0.1) is 19.8 Å². The summed E-state index contributed by atoms with van der Waals surface area (Å²) < 4.78 is 15.6. The second kappa shape index (κ2) is 20.7. The molecule has 256 valence electrons. The van der Waals surface area contributed by atoms with Gasteiger partial charge in [-0.3, -0.25) is 9.59 Å². The zero-order chi connectivity index (χ0) is 33.4. The molecule has 9 N–H and O–H groups in total. The molecule has 6 unspecified atom stereocenters. The Bertz CT molecular complexity index is 890. The van der Waals surface area contributed by atoms with Gasteiger partial charge >= 0.3 is 5.97 Å². The fraction of sp³-hybridized carbons (Fsp3) is 0.821. The highest BCUT2D eigenvalue weighted by molar-refractivity contribution is 5.87. The number of unbranched alkanes of at least 4 members (excludes halogenated alkanes) is 4. The van der Waals surface area contributed by atoms with Gasteiger partial charge in [-0.1, -0.05) is 39.2 Å². The third kappa shape index (κ3) is 12.6. The molecule has 0 spiro atoms. The number of hydrogen-bond acceptors (Lipinski definition) is 14. The summed E-state index contributed by atoms with van der Waals surface area (Å²) in [5, 5.41) is 82.2. The first-order chi connectivity index (χ1) is 20.8. The number of aliphatic hydroxyl groups excluding tert-OH is 8. The zero-order valence-electron chi connectivity index (χ0n) is 25.4. The van der Waals surface area contributed by atoms with E-state index in [2.05, 4.69) is 18.8 Å². The predicted molar refractivity (Wildman–Crippen MR) is 152 cm³/mol. The summed E-state index contributed by atoms with van der Waals surface area (Å²) in [5.41, 5.74) is 0.343. The van der Waals surface area contributed by atoms with Gasteiger partial charge in [0.25, 0.3) is 5.91 Å². The van der Waals surface area contributed by atoms with Gasteiger partial charge in [-0.15, -0.1) is 0 Å². The van der Waals surface area contributed by atoms with Gasteiger partial charge in [0, 0.05) is 25.6 Å². The molecule has 0 aromatic heterocycles. The van der Waals surface area contributed by atoms with Crippen LogP contribution in [0.2, 0.25) is 0 Å². The Morgan fingerprint density at radius 2 is 1.64 bits per heavy atom. The molecular formula is C28H50N2O14. The first-order valence-corrected chi connectivity index (χ1v) is 14.8. The SMILES string of the molecule is C=C(CCCCCCC)C(=O)OCCN(CCNC(=O)C(O)C(O)C(O[C@@H]1OC(CO)[C@H](O)[C@H](O)C1O)C(O)CO)C(C)=O. The van der Waals surface area contributed by atoms with Crippen LogP contribution in [0.1, 0.15) is 52.4 Å². The number of carbonyl (C=O) groups is 3. The van der Waals surface area contributed by atoms with Crippen molar-refractivity contribution >= 4 is 17.8 Å². The fourth-order valence-corrected chi connectivity index (χ4v) is 4.41. The predicted octanol–water partition coefficient (Wildman–Crippen LogP) is -3.33. The molecule has 0 bridgehead atoms. The average molecular weight is 639 g/mol. The minimum Gasteiger partial charge on any atom is -0.460 e. The van der Waals surface area contributed by atoms with Gasteiger partial charge in [0.2, 0.25) is 5.91 Å². The molecule has 16 heteroatoms. The molecule has 1 heterocycles. The maximum Gasteiger partial charge on any atom is 0.333 e. The van der Waals surface area contributed by atoms with Crippen molar-refractivity contribution in [2.75, 3.05) is 39.5 Å². The van der Waals surface area contributed by atoms with Gasteiger partial charge < -0.3 is 65.3 Å². The van der Waals surface area contributed by atoms with Crippen molar-refractivity contribution in [3.63, 3.8) is 0 Å². The summed E-state index contributed by atoms with van der Waals surface area (Å²) in [6.07, 6.45) is -11.4. The fourth-order valence-electron chi connectivity index (χ4n) is 4.41. The number of carbonyl (C=O) groups excluding carboxylic acids is 3. The lowest BCUT2D eigenvalue weighted by Crippen LogP contribution is -2.62. The lowest BCUT2D eigenvalue weighted by molar-refractivity contribution is -0.326. The van der Waals surface area contributed by atoms with Crippen LogP contribution < -0.4 is 5.32 Å². The van der Waals surface area contributed by atoms with Crippen LogP contribution >= 0.6 is 0 Å². The molecule has 44 heavy (non-hydrogen) atoms. The van der Waals surface area contributed by atoms with E-state index in [1.54, 1.807) is 0 Å². The van der Waals surface area contributed by atoms with Crippen LogP contribution in [0.5, 0.6) is 0 Å². The third-order valence-electron chi connectivity index (χ3n) is 7.23. The third-order valence-corrected chi connectivity index (χ3v) is 7.23. The molecule has 0 saturated carbocycles. The van der Waals surface area contributed by atoms with E-state index in [1.807, 2.05) is 0 Å². The van der Waals surface area contributed by atoms with E-state index in [1.165, 1.54) is 11.8 Å². The molecule has 1 saturated heterocycles. The lowest BCUT2D eigenvalue weighted by atomic mass is 9.98. The Labute approximate surface area is 256 Å². The first kappa shape index (κ1) is 39.8. The number of nitrogens with one attached hydrogen (secondary N) is 1. The van der Waals surface area contributed by atoms with Crippen LogP contribution in [-0.2, 0) is 28.6 Å². The summed E-state index contributed by atoms with van der Waals surface area (Å²) in [6.45, 7) is 4.98. The van der Waals surface area contributed by atoms with Gasteiger partial charge in [0.15, 0.2) is 12.4 Å². The number of hydrogen-bond donors (Lipinski definition) is 9. The zero-order valence-corrected chi connectivity index (χ0v) is 25.4. The summed E-state index contributed by atoms with van der Waals surface area (Å²) in [4.78, 5) is 38.0. The maximum absolute atomic E-state index is 12.5. The number of amides is 2. The molecule has 1 rings (SSSR count). The van der Waals surface area contributed by atoms with E-state index in [0.29, 0.717) is 12.0 Å².